The average molecular weight is 414 g/mol. The van der Waals surface area contributed by atoms with Crippen molar-refractivity contribution in [3.8, 4) is 22.6 Å². The van der Waals surface area contributed by atoms with Crippen molar-refractivity contribution < 1.29 is 4.39 Å². The van der Waals surface area contributed by atoms with Crippen LogP contribution in [0.4, 0.5) is 4.39 Å². The monoisotopic (exact) mass is 414 g/mol. The maximum Gasteiger partial charge on any atom is 0.123 e. The Kier molecular flexibility index (Phi) is 5.26. The van der Waals surface area contributed by atoms with E-state index in [0.29, 0.717) is 0 Å². The van der Waals surface area contributed by atoms with Gasteiger partial charge >= 0.3 is 0 Å². The van der Waals surface area contributed by atoms with Crippen LogP contribution in [0.2, 0.25) is 0 Å². The number of aromatic nitrogens is 5. The normalized spacial score (nSPS) is 16.6. The molecule has 1 saturated heterocycles. The SMILES string of the molecule is Cc1cccc(CN2CCC(n3cnc(-c4ccc(F)cc4)c3-c3ccncn3)C2)n1. The molecule has 7 heteroatoms. The molecule has 0 bridgehead atoms. The van der Waals surface area contributed by atoms with E-state index in [1.807, 2.05) is 25.4 Å². The van der Waals surface area contributed by atoms with E-state index < -0.39 is 0 Å². The fourth-order valence-corrected chi connectivity index (χ4v) is 4.24. The number of hydrogen-bond acceptors (Lipinski definition) is 5. The summed E-state index contributed by atoms with van der Waals surface area (Å²) in [5.74, 6) is -0.261. The number of imidazole rings is 1. The fourth-order valence-electron chi connectivity index (χ4n) is 4.24. The zero-order chi connectivity index (χ0) is 21.2. The predicted octanol–water partition coefficient (Wildman–Crippen LogP) is 4.30. The van der Waals surface area contributed by atoms with Crippen LogP contribution in [0.1, 0.15) is 23.9 Å². The van der Waals surface area contributed by atoms with E-state index in [4.69, 9.17) is 4.98 Å². The zero-order valence-electron chi connectivity index (χ0n) is 17.3. The molecule has 5 rings (SSSR count). The molecule has 0 spiro atoms. The van der Waals surface area contributed by atoms with Gasteiger partial charge in [0, 0.05) is 43.1 Å². The second kappa shape index (κ2) is 8.35. The van der Waals surface area contributed by atoms with Crippen molar-refractivity contribution in [2.45, 2.75) is 25.9 Å². The van der Waals surface area contributed by atoms with Crippen LogP contribution in [-0.4, -0.2) is 42.5 Å². The molecule has 0 aliphatic carbocycles. The Morgan fingerprint density at radius 1 is 1.06 bits per heavy atom. The van der Waals surface area contributed by atoms with E-state index in [2.05, 4.69) is 36.6 Å². The molecule has 1 aliphatic rings. The van der Waals surface area contributed by atoms with Crippen LogP contribution in [0.5, 0.6) is 0 Å². The Hall–Kier alpha value is -3.45. The van der Waals surface area contributed by atoms with Crippen LogP contribution in [0.25, 0.3) is 22.6 Å². The van der Waals surface area contributed by atoms with Crippen LogP contribution in [0.15, 0.2) is 67.4 Å². The Bertz CT molecular complexity index is 1170. The Labute approximate surface area is 180 Å². The molecule has 1 unspecified atom stereocenters. The molecule has 0 amide bonds. The first kappa shape index (κ1) is 19.5. The molecule has 1 aromatic carbocycles. The lowest BCUT2D eigenvalue weighted by atomic mass is 10.1. The van der Waals surface area contributed by atoms with Gasteiger partial charge in [0.15, 0.2) is 0 Å². The van der Waals surface area contributed by atoms with Crippen molar-refractivity contribution in [1.82, 2.24) is 29.4 Å². The largest absolute Gasteiger partial charge is 0.324 e. The number of aryl methyl sites for hydroxylation is 1. The molecular weight excluding hydrogens is 391 g/mol. The lowest BCUT2D eigenvalue weighted by Gasteiger charge is -2.18. The Morgan fingerprint density at radius 3 is 2.71 bits per heavy atom. The Balaban J connectivity index is 1.46. The maximum atomic E-state index is 13.5. The highest BCUT2D eigenvalue weighted by Gasteiger charge is 2.28. The predicted molar refractivity (Wildman–Crippen MR) is 117 cm³/mol. The zero-order valence-corrected chi connectivity index (χ0v) is 17.3. The minimum absolute atomic E-state index is 0.261. The van der Waals surface area contributed by atoms with Crippen molar-refractivity contribution in [1.29, 1.82) is 0 Å². The molecule has 0 radical (unpaired) electrons. The number of likely N-dealkylation sites (tertiary alicyclic amines) is 1. The summed E-state index contributed by atoms with van der Waals surface area (Å²) >= 11 is 0. The third kappa shape index (κ3) is 4.09. The smallest absolute Gasteiger partial charge is 0.123 e. The number of hydrogen-bond donors (Lipinski definition) is 0. The Morgan fingerprint density at radius 2 is 1.94 bits per heavy atom. The number of halogens is 1. The number of benzene rings is 1. The molecule has 0 saturated carbocycles. The van der Waals surface area contributed by atoms with Crippen LogP contribution in [-0.2, 0) is 6.54 Å². The number of rotatable bonds is 5. The molecule has 1 aliphatic heterocycles. The third-order valence-electron chi connectivity index (χ3n) is 5.71. The second-order valence-corrected chi connectivity index (χ2v) is 7.90. The molecule has 1 atom stereocenters. The molecule has 3 aromatic heterocycles. The summed E-state index contributed by atoms with van der Waals surface area (Å²) in [6, 6.07) is 14.8. The molecule has 31 heavy (non-hydrogen) atoms. The van der Waals surface area contributed by atoms with Gasteiger partial charge in [0.25, 0.3) is 0 Å². The van der Waals surface area contributed by atoms with Gasteiger partial charge < -0.3 is 4.57 Å². The van der Waals surface area contributed by atoms with Crippen LogP contribution in [0.3, 0.4) is 0 Å². The van der Waals surface area contributed by atoms with Crippen molar-refractivity contribution in [3.63, 3.8) is 0 Å². The maximum absolute atomic E-state index is 13.5. The highest BCUT2D eigenvalue weighted by Crippen LogP contribution is 2.35. The summed E-state index contributed by atoms with van der Waals surface area (Å²) in [6.45, 7) is 4.76. The van der Waals surface area contributed by atoms with E-state index in [-0.39, 0.29) is 11.9 Å². The first-order chi connectivity index (χ1) is 15.2. The van der Waals surface area contributed by atoms with Gasteiger partial charge in [-0.3, -0.25) is 9.88 Å². The first-order valence-corrected chi connectivity index (χ1v) is 10.4. The number of pyridine rings is 1. The summed E-state index contributed by atoms with van der Waals surface area (Å²) in [6.07, 6.45) is 6.18. The quantitative estimate of drug-likeness (QED) is 0.487. The molecule has 4 aromatic rings. The van der Waals surface area contributed by atoms with E-state index in [9.17, 15) is 4.39 Å². The van der Waals surface area contributed by atoms with Gasteiger partial charge in [-0.2, -0.15) is 0 Å². The van der Waals surface area contributed by atoms with E-state index in [1.165, 1.54) is 12.1 Å². The van der Waals surface area contributed by atoms with E-state index in [1.54, 1.807) is 24.7 Å². The third-order valence-corrected chi connectivity index (χ3v) is 5.71. The van der Waals surface area contributed by atoms with Gasteiger partial charge in [-0.25, -0.2) is 19.3 Å². The second-order valence-electron chi connectivity index (χ2n) is 7.90. The van der Waals surface area contributed by atoms with Crippen molar-refractivity contribution in [2.75, 3.05) is 13.1 Å². The van der Waals surface area contributed by atoms with E-state index >= 15 is 0 Å². The van der Waals surface area contributed by atoms with Crippen LogP contribution in [0, 0.1) is 12.7 Å². The minimum atomic E-state index is -0.261. The molecule has 156 valence electrons. The summed E-state index contributed by atoms with van der Waals surface area (Å²) in [7, 11) is 0. The highest BCUT2D eigenvalue weighted by atomic mass is 19.1. The summed E-state index contributed by atoms with van der Waals surface area (Å²) in [5, 5.41) is 0. The molecule has 0 N–H and O–H groups in total. The van der Waals surface area contributed by atoms with Gasteiger partial charge in [-0.15, -0.1) is 0 Å². The van der Waals surface area contributed by atoms with Gasteiger partial charge in [0.05, 0.1) is 29.1 Å². The lowest BCUT2D eigenvalue weighted by molar-refractivity contribution is 0.312. The van der Waals surface area contributed by atoms with Gasteiger partial charge in [-0.1, -0.05) is 6.07 Å². The minimum Gasteiger partial charge on any atom is -0.324 e. The summed E-state index contributed by atoms with van der Waals surface area (Å²) < 4.78 is 15.7. The van der Waals surface area contributed by atoms with Gasteiger partial charge in [0.2, 0.25) is 0 Å². The molecule has 1 fully saturated rings. The van der Waals surface area contributed by atoms with E-state index in [0.717, 1.165) is 60.1 Å². The van der Waals surface area contributed by atoms with Crippen LogP contribution >= 0.6 is 0 Å². The standard InChI is InChI=1S/C24H23FN6/c1-17-3-2-4-20(29-17)13-30-12-10-21(14-30)31-16-28-23(18-5-7-19(25)8-6-18)24(31)22-9-11-26-15-27-22/h2-9,11,15-16,21H,10,12-14H2,1H3. The van der Waals surface area contributed by atoms with Crippen molar-refractivity contribution >= 4 is 0 Å². The first-order valence-electron chi connectivity index (χ1n) is 10.4. The lowest BCUT2D eigenvalue weighted by Crippen LogP contribution is -2.22. The molecule has 6 nitrogen and oxygen atoms in total. The fraction of sp³-hybridized carbons (Fsp3) is 0.250. The number of nitrogens with zero attached hydrogens (tertiary/aromatic N) is 6. The topological polar surface area (TPSA) is 59.7 Å². The van der Waals surface area contributed by atoms with Crippen molar-refractivity contribution in [3.05, 3.63) is 84.6 Å². The highest BCUT2D eigenvalue weighted by molar-refractivity contribution is 5.76. The molecular formula is C24H23FN6. The summed E-state index contributed by atoms with van der Waals surface area (Å²) in [5.41, 5.74) is 5.55. The van der Waals surface area contributed by atoms with Gasteiger partial charge in [-0.05, 0) is 55.8 Å². The van der Waals surface area contributed by atoms with Crippen LogP contribution < -0.4 is 0 Å². The summed E-state index contributed by atoms with van der Waals surface area (Å²) in [4.78, 5) is 20.3. The van der Waals surface area contributed by atoms with Gasteiger partial charge in [0.1, 0.15) is 12.1 Å². The molecule has 4 heterocycles. The van der Waals surface area contributed by atoms with Crippen molar-refractivity contribution in [2.24, 2.45) is 0 Å². The average Bonchev–Trinajstić information content (AvgIpc) is 3.42.